The third-order valence-corrected chi connectivity index (χ3v) is 3.49. The number of aliphatic hydroxyl groups excluding tert-OH is 1. The summed E-state index contributed by atoms with van der Waals surface area (Å²) < 4.78 is 5.79. The average Bonchev–Trinajstić information content (AvgIpc) is 2.25. The van der Waals surface area contributed by atoms with Crippen molar-refractivity contribution in [3.05, 3.63) is 0 Å². The molecular formula is C14H30NO2+. The molecule has 1 saturated carbocycles. The van der Waals surface area contributed by atoms with Gasteiger partial charge in [0.05, 0.1) is 18.2 Å². The molecule has 1 aliphatic carbocycles. The first-order chi connectivity index (χ1) is 7.87. The van der Waals surface area contributed by atoms with Gasteiger partial charge in [0, 0.05) is 0 Å². The zero-order chi connectivity index (χ0) is 12.9. The molecule has 0 spiro atoms. The van der Waals surface area contributed by atoms with Crippen molar-refractivity contribution < 1.29 is 15.2 Å². The molecule has 3 nitrogen and oxygen atoms in total. The molecule has 1 aliphatic rings. The van der Waals surface area contributed by atoms with E-state index in [2.05, 4.69) is 33.0 Å². The Labute approximate surface area is 106 Å². The molecule has 0 heterocycles. The van der Waals surface area contributed by atoms with Gasteiger partial charge in [0.15, 0.2) is 0 Å². The molecule has 0 aromatic carbocycles. The van der Waals surface area contributed by atoms with Gasteiger partial charge in [0.2, 0.25) is 0 Å². The maximum absolute atomic E-state index is 9.84. The molecule has 17 heavy (non-hydrogen) atoms. The fourth-order valence-corrected chi connectivity index (χ4v) is 2.20. The second kappa shape index (κ2) is 6.72. The molecule has 1 fully saturated rings. The maximum atomic E-state index is 9.84. The molecular weight excluding hydrogens is 214 g/mol. The second-order valence-corrected chi connectivity index (χ2v) is 6.67. The molecule has 0 aromatic rings. The summed E-state index contributed by atoms with van der Waals surface area (Å²) in [5, 5.41) is 12.0. The van der Waals surface area contributed by atoms with Gasteiger partial charge in [0.25, 0.3) is 0 Å². The average molecular weight is 244 g/mol. The largest absolute Gasteiger partial charge is 0.385 e. The number of ether oxygens (including phenoxy) is 1. The molecule has 3 heteroatoms. The number of nitrogens with two attached hydrogens (primary N) is 1. The molecule has 0 bridgehead atoms. The molecule has 0 aromatic heterocycles. The van der Waals surface area contributed by atoms with E-state index in [0.29, 0.717) is 12.7 Å². The third-order valence-electron chi connectivity index (χ3n) is 3.49. The van der Waals surface area contributed by atoms with Crippen LogP contribution in [0.2, 0.25) is 0 Å². The van der Waals surface area contributed by atoms with Gasteiger partial charge in [-0.25, -0.2) is 0 Å². The van der Waals surface area contributed by atoms with Crippen LogP contribution >= 0.6 is 0 Å². The summed E-state index contributed by atoms with van der Waals surface area (Å²) in [6.07, 6.45) is 4.92. The Morgan fingerprint density at radius 2 is 1.82 bits per heavy atom. The Bertz CT molecular complexity index is 205. The summed E-state index contributed by atoms with van der Waals surface area (Å²) in [7, 11) is 0. The molecule has 3 N–H and O–H groups in total. The number of quaternary nitrogens is 1. The Balaban J connectivity index is 2.09. The third kappa shape index (κ3) is 7.02. The first-order valence-electron chi connectivity index (χ1n) is 7.01. The fraction of sp³-hybridized carbons (Fsp3) is 1.00. The van der Waals surface area contributed by atoms with E-state index >= 15 is 0 Å². The van der Waals surface area contributed by atoms with E-state index in [1.54, 1.807) is 0 Å². The van der Waals surface area contributed by atoms with Crippen molar-refractivity contribution in [2.24, 2.45) is 5.92 Å². The normalized spacial score (nSPS) is 28.1. The van der Waals surface area contributed by atoms with Gasteiger partial charge < -0.3 is 15.2 Å². The minimum Gasteiger partial charge on any atom is -0.385 e. The van der Waals surface area contributed by atoms with Crippen LogP contribution in [0.15, 0.2) is 0 Å². The smallest absolute Gasteiger partial charge is 0.126 e. The summed E-state index contributed by atoms with van der Waals surface area (Å²) in [6, 6.07) is 0. The van der Waals surface area contributed by atoms with E-state index in [1.165, 1.54) is 12.8 Å². The number of aliphatic hydroxyl groups is 1. The maximum Gasteiger partial charge on any atom is 0.126 e. The molecule has 0 radical (unpaired) electrons. The van der Waals surface area contributed by atoms with Crippen molar-refractivity contribution in [1.82, 2.24) is 0 Å². The topological polar surface area (TPSA) is 46.1 Å². The second-order valence-electron chi connectivity index (χ2n) is 6.67. The fourth-order valence-electron chi connectivity index (χ4n) is 2.20. The van der Waals surface area contributed by atoms with Crippen molar-refractivity contribution in [3.8, 4) is 0 Å². The minimum absolute atomic E-state index is 0.182. The summed E-state index contributed by atoms with van der Waals surface area (Å²) in [5.74, 6) is 0.856. The van der Waals surface area contributed by atoms with Crippen LogP contribution in [0.3, 0.4) is 0 Å². The van der Waals surface area contributed by atoms with E-state index in [1.807, 2.05) is 0 Å². The lowest BCUT2D eigenvalue weighted by molar-refractivity contribution is -0.722. The van der Waals surface area contributed by atoms with Crippen LogP contribution in [0, 0.1) is 5.92 Å². The monoisotopic (exact) mass is 244 g/mol. The summed E-state index contributed by atoms with van der Waals surface area (Å²) in [6.45, 7) is 10.00. The van der Waals surface area contributed by atoms with Crippen molar-refractivity contribution in [1.29, 1.82) is 0 Å². The number of hydrogen-bond donors (Lipinski definition) is 2. The lowest BCUT2D eigenvalue weighted by Gasteiger charge is -2.27. The highest BCUT2D eigenvalue weighted by atomic mass is 16.5. The predicted molar refractivity (Wildman–Crippen MR) is 69.9 cm³/mol. The van der Waals surface area contributed by atoms with Crippen molar-refractivity contribution >= 4 is 0 Å². The van der Waals surface area contributed by atoms with E-state index in [-0.39, 0.29) is 11.6 Å². The van der Waals surface area contributed by atoms with Gasteiger partial charge in [-0.3, -0.25) is 0 Å². The standard InChI is InChI=1S/C14H29NO2/c1-11-5-7-13(8-6-11)17-10-12(16)9-15-14(2,3)4/h11-13,15-16H,5-10H2,1-4H3/p+1/t11?,12-,13?/m0/s1. The van der Waals surface area contributed by atoms with E-state index in [4.69, 9.17) is 4.74 Å². The van der Waals surface area contributed by atoms with Crippen LogP contribution in [0.1, 0.15) is 53.4 Å². The number of hydrogen-bond acceptors (Lipinski definition) is 2. The van der Waals surface area contributed by atoms with Crippen LogP contribution in [0.5, 0.6) is 0 Å². The molecule has 0 amide bonds. The van der Waals surface area contributed by atoms with Gasteiger partial charge in [-0.15, -0.1) is 0 Å². The van der Waals surface area contributed by atoms with Crippen LogP contribution < -0.4 is 5.32 Å². The molecule has 102 valence electrons. The van der Waals surface area contributed by atoms with Crippen molar-refractivity contribution in [3.63, 3.8) is 0 Å². The van der Waals surface area contributed by atoms with E-state index < -0.39 is 0 Å². The molecule has 0 unspecified atom stereocenters. The quantitative estimate of drug-likeness (QED) is 0.766. The van der Waals surface area contributed by atoms with E-state index in [9.17, 15) is 5.11 Å². The van der Waals surface area contributed by atoms with Gasteiger partial charge >= 0.3 is 0 Å². The minimum atomic E-state index is -0.339. The predicted octanol–water partition coefficient (Wildman–Crippen LogP) is 1.30. The first kappa shape index (κ1) is 14.9. The molecule has 1 atom stereocenters. The van der Waals surface area contributed by atoms with Gasteiger partial charge in [-0.1, -0.05) is 6.92 Å². The van der Waals surface area contributed by atoms with E-state index in [0.717, 1.165) is 25.3 Å². The molecule has 0 aliphatic heterocycles. The van der Waals surface area contributed by atoms with Crippen LogP contribution in [0.25, 0.3) is 0 Å². The Morgan fingerprint density at radius 1 is 1.24 bits per heavy atom. The Kier molecular flexibility index (Phi) is 5.90. The Hall–Kier alpha value is -0.120. The SMILES string of the molecule is CC1CCC(OC[C@@H](O)C[NH2+]C(C)(C)C)CC1. The highest BCUT2D eigenvalue weighted by Gasteiger charge is 2.21. The molecule has 0 saturated heterocycles. The summed E-state index contributed by atoms with van der Waals surface area (Å²) in [4.78, 5) is 0. The van der Waals surface area contributed by atoms with Gasteiger partial charge in [-0.05, 0) is 52.4 Å². The zero-order valence-electron chi connectivity index (χ0n) is 11.9. The van der Waals surface area contributed by atoms with Crippen LogP contribution in [-0.4, -0.2) is 36.0 Å². The highest BCUT2D eigenvalue weighted by molar-refractivity contribution is 4.70. The lowest BCUT2D eigenvalue weighted by Crippen LogP contribution is -2.96. The summed E-state index contributed by atoms with van der Waals surface area (Å²) >= 11 is 0. The van der Waals surface area contributed by atoms with Gasteiger partial charge in [0.1, 0.15) is 12.6 Å². The van der Waals surface area contributed by atoms with Gasteiger partial charge in [-0.2, -0.15) is 0 Å². The highest BCUT2D eigenvalue weighted by Crippen LogP contribution is 2.25. The van der Waals surface area contributed by atoms with Crippen molar-refractivity contribution in [2.45, 2.75) is 71.1 Å². The molecule has 1 rings (SSSR count). The van der Waals surface area contributed by atoms with Crippen LogP contribution in [-0.2, 0) is 4.74 Å². The summed E-state index contributed by atoms with van der Waals surface area (Å²) in [5.41, 5.74) is 0.182. The zero-order valence-corrected chi connectivity index (χ0v) is 11.9. The first-order valence-corrected chi connectivity index (χ1v) is 7.01. The number of rotatable bonds is 5. The Morgan fingerprint density at radius 3 is 2.35 bits per heavy atom. The lowest BCUT2D eigenvalue weighted by atomic mass is 9.89. The van der Waals surface area contributed by atoms with Crippen LogP contribution in [0.4, 0.5) is 0 Å². The van der Waals surface area contributed by atoms with Crippen molar-refractivity contribution in [2.75, 3.05) is 13.2 Å².